The molecule has 3 heterocycles. The minimum Gasteiger partial charge on any atom is -0.375 e. The van der Waals surface area contributed by atoms with Crippen LogP contribution in [-0.2, 0) is 17.6 Å². The number of hydrogen-bond donors (Lipinski definition) is 1. The molecule has 0 fully saturated rings. The molecule has 1 aliphatic rings. The first-order valence-corrected chi connectivity index (χ1v) is 9.59. The molecule has 6 heteroatoms. The van der Waals surface area contributed by atoms with E-state index in [1.54, 1.807) is 11.3 Å². The van der Waals surface area contributed by atoms with Crippen molar-refractivity contribution < 1.29 is 4.79 Å². The van der Waals surface area contributed by atoms with Gasteiger partial charge >= 0.3 is 0 Å². The number of hydrogen-bond acceptors (Lipinski definition) is 5. The standard InChI is InChI=1S/C18H17N3OS2/c19-18-20-17(14-6-3-11-23-14)15(24-18)7-8-16(22)21-10-9-12-4-1-2-5-13(12)21/h1-6,11H,7-10H2,(H2,19,20). The summed E-state index contributed by atoms with van der Waals surface area (Å²) in [7, 11) is 0. The summed E-state index contributed by atoms with van der Waals surface area (Å²) in [6.45, 7) is 0.779. The van der Waals surface area contributed by atoms with Gasteiger partial charge in [0.25, 0.3) is 0 Å². The average molecular weight is 355 g/mol. The van der Waals surface area contributed by atoms with E-state index in [0.717, 1.165) is 34.1 Å². The van der Waals surface area contributed by atoms with Crippen molar-refractivity contribution in [3.05, 3.63) is 52.2 Å². The number of fused-ring (bicyclic) bond motifs is 1. The summed E-state index contributed by atoms with van der Waals surface area (Å²) in [5.41, 5.74) is 9.14. The highest BCUT2D eigenvalue weighted by Gasteiger charge is 2.24. The summed E-state index contributed by atoms with van der Waals surface area (Å²) in [6.07, 6.45) is 2.10. The van der Waals surface area contributed by atoms with Gasteiger partial charge in [0.2, 0.25) is 5.91 Å². The van der Waals surface area contributed by atoms with Crippen LogP contribution in [0.4, 0.5) is 10.8 Å². The van der Waals surface area contributed by atoms with Crippen LogP contribution in [0.15, 0.2) is 41.8 Å². The molecule has 0 bridgehead atoms. The van der Waals surface area contributed by atoms with Crippen molar-refractivity contribution in [2.75, 3.05) is 17.2 Å². The van der Waals surface area contributed by atoms with Crippen LogP contribution in [0.2, 0.25) is 0 Å². The smallest absolute Gasteiger partial charge is 0.227 e. The summed E-state index contributed by atoms with van der Waals surface area (Å²) in [4.78, 5) is 21.2. The van der Waals surface area contributed by atoms with E-state index < -0.39 is 0 Å². The Morgan fingerprint density at radius 1 is 1.25 bits per heavy atom. The molecule has 0 spiro atoms. The number of aryl methyl sites for hydroxylation is 1. The quantitative estimate of drug-likeness (QED) is 0.770. The topological polar surface area (TPSA) is 59.2 Å². The predicted octanol–water partition coefficient (Wildman–Crippen LogP) is 3.98. The van der Waals surface area contributed by atoms with Crippen LogP contribution in [0.5, 0.6) is 0 Å². The fourth-order valence-electron chi connectivity index (χ4n) is 3.10. The lowest BCUT2D eigenvalue weighted by Gasteiger charge is -2.17. The van der Waals surface area contributed by atoms with Crippen LogP contribution in [0.1, 0.15) is 16.9 Å². The van der Waals surface area contributed by atoms with Gasteiger partial charge in [-0.15, -0.1) is 22.7 Å². The molecule has 0 saturated carbocycles. The molecule has 1 aliphatic heterocycles. The molecule has 4 rings (SSSR count). The fourth-order valence-corrected chi connectivity index (χ4v) is 4.75. The van der Waals surface area contributed by atoms with Gasteiger partial charge in [0, 0.05) is 23.5 Å². The molecule has 0 atom stereocenters. The van der Waals surface area contributed by atoms with Crippen molar-refractivity contribution in [2.45, 2.75) is 19.3 Å². The molecular formula is C18H17N3OS2. The molecular weight excluding hydrogens is 338 g/mol. The van der Waals surface area contributed by atoms with E-state index in [4.69, 9.17) is 5.73 Å². The lowest BCUT2D eigenvalue weighted by atomic mass is 10.1. The van der Waals surface area contributed by atoms with E-state index in [0.29, 0.717) is 18.0 Å². The summed E-state index contributed by atoms with van der Waals surface area (Å²) in [5.74, 6) is 0.170. The van der Waals surface area contributed by atoms with Crippen LogP contribution in [0, 0.1) is 0 Å². The lowest BCUT2D eigenvalue weighted by molar-refractivity contribution is -0.118. The SMILES string of the molecule is Nc1nc(-c2cccs2)c(CCC(=O)N2CCc3ccccc32)s1. The summed E-state index contributed by atoms with van der Waals surface area (Å²) in [6, 6.07) is 12.2. The van der Waals surface area contributed by atoms with Gasteiger partial charge in [0.05, 0.1) is 10.6 Å². The number of nitrogens with zero attached hydrogens (tertiary/aromatic N) is 2. The molecule has 122 valence electrons. The van der Waals surface area contributed by atoms with E-state index in [1.165, 1.54) is 16.9 Å². The Morgan fingerprint density at radius 3 is 2.96 bits per heavy atom. The molecule has 0 aliphatic carbocycles. The van der Waals surface area contributed by atoms with Crippen LogP contribution in [0.3, 0.4) is 0 Å². The van der Waals surface area contributed by atoms with Crippen LogP contribution < -0.4 is 10.6 Å². The van der Waals surface area contributed by atoms with E-state index in [-0.39, 0.29) is 5.91 Å². The zero-order valence-corrected chi connectivity index (χ0v) is 14.7. The van der Waals surface area contributed by atoms with Crippen LogP contribution in [-0.4, -0.2) is 17.4 Å². The van der Waals surface area contributed by atoms with Gasteiger partial charge in [-0.05, 0) is 35.9 Å². The number of amides is 1. The zero-order valence-electron chi connectivity index (χ0n) is 13.1. The van der Waals surface area contributed by atoms with Gasteiger partial charge in [-0.25, -0.2) is 4.98 Å². The van der Waals surface area contributed by atoms with E-state index in [9.17, 15) is 4.79 Å². The number of para-hydroxylation sites is 1. The van der Waals surface area contributed by atoms with Crippen molar-refractivity contribution in [3.8, 4) is 10.6 Å². The zero-order chi connectivity index (χ0) is 16.5. The molecule has 0 saturated heterocycles. The number of benzene rings is 1. The summed E-state index contributed by atoms with van der Waals surface area (Å²) >= 11 is 3.13. The third-order valence-electron chi connectivity index (χ3n) is 4.22. The normalized spacial score (nSPS) is 13.2. The monoisotopic (exact) mass is 355 g/mol. The maximum atomic E-state index is 12.7. The van der Waals surface area contributed by atoms with Crippen molar-refractivity contribution in [1.29, 1.82) is 0 Å². The maximum absolute atomic E-state index is 12.7. The molecule has 2 N–H and O–H groups in total. The highest BCUT2D eigenvalue weighted by molar-refractivity contribution is 7.17. The molecule has 1 amide bonds. The van der Waals surface area contributed by atoms with Crippen molar-refractivity contribution in [2.24, 2.45) is 0 Å². The molecule has 1 aromatic carbocycles. The number of anilines is 2. The molecule has 4 nitrogen and oxygen atoms in total. The average Bonchev–Trinajstić information content (AvgIpc) is 3.31. The van der Waals surface area contributed by atoms with Crippen molar-refractivity contribution in [3.63, 3.8) is 0 Å². The second kappa shape index (κ2) is 6.37. The van der Waals surface area contributed by atoms with Gasteiger partial charge in [-0.1, -0.05) is 24.3 Å². The molecule has 0 unspecified atom stereocenters. The Hall–Kier alpha value is -2.18. The number of rotatable bonds is 4. The Balaban J connectivity index is 1.49. The molecule has 0 radical (unpaired) electrons. The van der Waals surface area contributed by atoms with Crippen LogP contribution in [0.25, 0.3) is 10.6 Å². The van der Waals surface area contributed by atoms with Crippen molar-refractivity contribution in [1.82, 2.24) is 4.98 Å². The second-order valence-corrected chi connectivity index (χ2v) is 7.79. The first-order chi connectivity index (χ1) is 11.7. The van der Waals surface area contributed by atoms with Gasteiger partial charge in [0.15, 0.2) is 5.13 Å². The number of thiazole rings is 1. The van der Waals surface area contributed by atoms with Crippen molar-refractivity contribution >= 4 is 39.4 Å². The van der Waals surface area contributed by atoms with Gasteiger partial charge in [-0.2, -0.15) is 0 Å². The third-order valence-corrected chi connectivity index (χ3v) is 6.04. The Bertz CT molecular complexity index is 870. The van der Waals surface area contributed by atoms with Gasteiger partial charge in [-0.3, -0.25) is 4.79 Å². The lowest BCUT2D eigenvalue weighted by Crippen LogP contribution is -2.28. The number of nitrogens with two attached hydrogens (primary N) is 1. The highest BCUT2D eigenvalue weighted by atomic mass is 32.1. The molecule has 2 aromatic heterocycles. The number of carbonyl (C=O) groups is 1. The maximum Gasteiger partial charge on any atom is 0.227 e. The number of thiophene rings is 1. The Morgan fingerprint density at radius 2 is 2.12 bits per heavy atom. The van der Waals surface area contributed by atoms with E-state index in [2.05, 4.69) is 11.1 Å². The first kappa shape index (κ1) is 15.4. The summed E-state index contributed by atoms with van der Waals surface area (Å²) in [5, 5.41) is 2.59. The first-order valence-electron chi connectivity index (χ1n) is 7.89. The Labute approximate surface area is 148 Å². The minimum atomic E-state index is 0.170. The number of carbonyl (C=O) groups excluding carboxylic acids is 1. The van der Waals surface area contributed by atoms with E-state index >= 15 is 0 Å². The second-order valence-electron chi connectivity index (χ2n) is 5.73. The Kier molecular flexibility index (Phi) is 4.08. The predicted molar refractivity (Wildman–Crippen MR) is 101 cm³/mol. The largest absolute Gasteiger partial charge is 0.375 e. The summed E-state index contributed by atoms with van der Waals surface area (Å²) < 4.78 is 0. The number of nitrogen functional groups attached to an aromatic ring is 1. The van der Waals surface area contributed by atoms with E-state index in [1.807, 2.05) is 40.6 Å². The van der Waals surface area contributed by atoms with Crippen LogP contribution >= 0.6 is 22.7 Å². The molecule has 24 heavy (non-hydrogen) atoms. The highest BCUT2D eigenvalue weighted by Crippen LogP contribution is 2.34. The number of aromatic nitrogens is 1. The minimum absolute atomic E-state index is 0.170. The molecule has 3 aromatic rings. The fraction of sp³-hybridized carbons (Fsp3) is 0.222. The van der Waals surface area contributed by atoms with Gasteiger partial charge < -0.3 is 10.6 Å². The third kappa shape index (κ3) is 2.83. The van der Waals surface area contributed by atoms with Gasteiger partial charge in [0.1, 0.15) is 0 Å².